The summed E-state index contributed by atoms with van der Waals surface area (Å²) < 4.78 is 6.94. The summed E-state index contributed by atoms with van der Waals surface area (Å²) in [6.45, 7) is 9.29. The van der Waals surface area contributed by atoms with Crippen LogP contribution in [0, 0.1) is 0 Å². The topological polar surface area (TPSA) is 34.1 Å². The lowest BCUT2D eigenvalue weighted by molar-refractivity contribution is 0.330. The van der Waals surface area contributed by atoms with Gasteiger partial charge in [-0.25, -0.2) is 4.98 Å². The maximum absolute atomic E-state index is 5.77. The molecule has 1 heterocycles. The lowest BCUT2D eigenvalue weighted by atomic mass is 9.86. The number of anilines is 1. The van der Waals surface area contributed by atoms with Crippen LogP contribution in [0.4, 0.5) is 5.13 Å². The van der Waals surface area contributed by atoms with Gasteiger partial charge in [0, 0.05) is 12.6 Å². The van der Waals surface area contributed by atoms with Crippen LogP contribution in [0.1, 0.15) is 33.3 Å². The molecule has 0 aliphatic heterocycles. The molecule has 3 nitrogen and oxygen atoms in total. The minimum absolute atomic E-state index is 0.0577. The first-order valence-corrected chi connectivity index (χ1v) is 7.03. The normalized spacial score (nSPS) is 11.8. The van der Waals surface area contributed by atoms with Crippen LogP contribution >= 0.6 is 11.3 Å². The Bertz CT molecular complexity index is 555. The maximum atomic E-state index is 5.77. The minimum atomic E-state index is 0.0577. The molecule has 0 saturated heterocycles. The Kier molecular flexibility index (Phi) is 3.48. The zero-order valence-electron chi connectivity index (χ0n) is 11.6. The lowest BCUT2D eigenvalue weighted by Crippen LogP contribution is -2.13. The molecule has 0 amide bonds. The highest BCUT2D eigenvalue weighted by Gasteiger charge is 2.21. The average molecular weight is 264 g/mol. The van der Waals surface area contributed by atoms with Gasteiger partial charge in [0.15, 0.2) is 5.13 Å². The molecule has 4 heteroatoms. The van der Waals surface area contributed by atoms with Gasteiger partial charge in [0.2, 0.25) is 0 Å². The van der Waals surface area contributed by atoms with Crippen molar-refractivity contribution < 1.29 is 4.74 Å². The molecule has 98 valence electrons. The lowest BCUT2D eigenvalue weighted by Gasteiger charge is -2.22. The summed E-state index contributed by atoms with van der Waals surface area (Å²) >= 11 is 1.65. The van der Waals surface area contributed by atoms with Crippen molar-refractivity contribution in [3.8, 4) is 5.75 Å². The number of nitrogens with one attached hydrogen (secondary N) is 1. The van der Waals surface area contributed by atoms with Crippen molar-refractivity contribution >= 4 is 26.7 Å². The molecule has 1 aromatic carbocycles. The van der Waals surface area contributed by atoms with E-state index < -0.39 is 0 Å². The largest absolute Gasteiger partial charge is 0.494 e. The van der Waals surface area contributed by atoms with Gasteiger partial charge in [0.05, 0.1) is 16.8 Å². The molecule has 2 rings (SSSR count). The van der Waals surface area contributed by atoms with E-state index in [0.717, 1.165) is 21.1 Å². The van der Waals surface area contributed by atoms with Crippen LogP contribution in [0.2, 0.25) is 0 Å². The summed E-state index contributed by atoms with van der Waals surface area (Å²) in [6.07, 6.45) is 0. The smallest absolute Gasteiger partial charge is 0.183 e. The quantitative estimate of drug-likeness (QED) is 0.908. The van der Waals surface area contributed by atoms with E-state index in [2.05, 4.69) is 43.2 Å². The highest BCUT2D eigenvalue weighted by Crippen LogP contribution is 2.37. The van der Waals surface area contributed by atoms with Gasteiger partial charge in [-0.05, 0) is 24.5 Å². The third-order valence-corrected chi connectivity index (χ3v) is 3.85. The first kappa shape index (κ1) is 13.1. The van der Waals surface area contributed by atoms with E-state index in [4.69, 9.17) is 4.74 Å². The molecule has 0 aliphatic carbocycles. The van der Waals surface area contributed by atoms with E-state index in [1.165, 1.54) is 5.56 Å². The zero-order chi connectivity index (χ0) is 13.3. The first-order chi connectivity index (χ1) is 8.45. The highest BCUT2D eigenvalue weighted by molar-refractivity contribution is 7.22. The van der Waals surface area contributed by atoms with Gasteiger partial charge >= 0.3 is 0 Å². The second kappa shape index (κ2) is 4.76. The summed E-state index contributed by atoms with van der Waals surface area (Å²) in [5.74, 6) is 0.976. The van der Waals surface area contributed by atoms with Crippen molar-refractivity contribution in [3.05, 3.63) is 17.7 Å². The van der Waals surface area contributed by atoms with Crippen LogP contribution in [0.25, 0.3) is 10.2 Å². The molecular weight excluding hydrogens is 244 g/mol. The van der Waals surface area contributed by atoms with Crippen LogP contribution in [0.15, 0.2) is 12.1 Å². The molecule has 1 N–H and O–H groups in total. The Morgan fingerprint density at radius 3 is 2.61 bits per heavy atom. The summed E-state index contributed by atoms with van der Waals surface area (Å²) in [5.41, 5.74) is 2.31. The van der Waals surface area contributed by atoms with Crippen molar-refractivity contribution in [1.82, 2.24) is 4.98 Å². The second-order valence-electron chi connectivity index (χ2n) is 5.27. The first-order valence-electron chi connectivity index (χ1n) is 6.21. The number of hydrogen-bond acceptors (Lipinski definition) is 4. The number of aromatic nitrogens is 1. The van der Waals surface area contributed by atoms with Crippen LogP contribution in [-0.4, -0.2) is 18.6 Å². The van der Waals surface area contributed by atoms with Crippen LogP contribution in [0.3, 0.4) is 0 Å². The molecule has 1 aromatic heterocycles. The monoisotopic (exact) mass is 264 g/mol. The van der Waals surface area contributed by atoms with E-state index >= 15 is 0 Å². The van der Waals surface area contributed by atoms with Gasteiger partial charge in [-0.15, -0.1) is 0 Å². The Morgan fingerprint density at radius 1 is 1.33 bits per heavy atom. The number of ether oxygens (including phenoxy) is 1. The minimum Gasteiger partial charge on any atom is -0.494 e. The molecule has 2 aromatic rings. The average Bonchev–Trinajstić information content (AvgIpc) is 2.69. The molecule has 0 aliphatic rings. The van der Waals surface area contributed by atoms with E-state index in [1.54, 1.807) is 11.3 Å². The van der Waals surface area contributed by atoms with Crippen molar-refractivity contribution in [2.75, 3.05) is 19.0 Å². The molecule has 0 atom stereocenters. The molecule has 18 heavy (non-hydrogen) atoms. The number of thiazole rings is 1. The van der Waals surface area contributed by atoms with Gasteiger partial charge < -0.3 is 10.1 Å². The summed E-state index contributed by atoms with van der Waals surface area (Å²) in [4.78, 5) is 4.56. The number of fused-ring (bicyclic) bond motifs is 1. The Balaban J connectivity index is 2.62. The Morgan fingerprint density at radius 2 is 2.06 bits per heavy atom. The van der Waals surface area contributed by atoms with Gasteiger partial charge in [-0.1, -0.05) is 32.1 Å². The number of rotatable bonds is 3. The molecule has 0 radical (unpaired) electrons. The molecule has 0 bridgehead atoms. The van der Waals surface area contributed by atoms with E-state index in [9.17, 15) is 0 Å². The van der Waals surface area contributed by atoms with Gasteiger partial charge in [0.25, 0.3) is 0 Å². The van der Waals surface area contributed by atoms with Crippen molar-refractivity contribution in [3.63, 3.8) is 0 Å². The van der Waals surface area contributed by atoms with E-state index in [0.29, 0.717) is 6.61 Å². The fourth-order valence-corrected chi connectivity index (χ4v) is 2.75. The number of benzene rings is 1. The van der Waals surface area contributed by atoms with E-state index in [1.807, 2.05) is 14.0 Å². The Labute approximate surface area is 112 Å². The van der Waals surface area contributed by atoms with Gasteiger partial charge in [-0.2, -0.15) is 0 Å². The third kappa shape index (κ3) is 2.43. The second-order valence-corrected chi connectivity index (χ2v) is 6.30. The molecule has 0 spiro atoms. The van der Waals surface area contributed by atoms with Crippen LogP contribution in [-0.2, 0) is 5.41 Å². The highest BCUT2D eigenvalue weighted by atomic mass is 32.1. The van der Waals surface area contributed by atoms with E-state index in [-0.39, 0.29) is 5.41 Å². The molecule has 0 unspecified atom stereocenters. The predicted molar refractivity (Wildman–Crippen MR) is 79.0 cm³/mol. The van der Waals surface area contributed by atoms with Gasteiger partial charge in [0.1, 0.15) is 5.75 Å². The SMILES string of the molecule is CCOc1cc2sc(NC)nc2cc1C(C)(C)C. The fraction of sp³-hybridized carbons (Fsp3) is 0.500. The fourth-order valence-electron chi connectivity index (χ4n) is 1.92. The molecule has 0 fully saturated rings. The van der Waals surface area contributed by atoms with Gasteiger partial charge in [-0.3, -0.25) is 0 Å². The predicted octanol–water partition coefficient (Wildman–Crippen LogP) is 4.03. The zero-order valence-corrected chi connectivity index (χ0v) is 12.4. The van der Waals surface area contributed by atoms with Crippen molar-refractivity contribution in [2.24, 2.45) is 0 Å². The molecule has 0 saturated carbocycles. The van der Waals surface area contributed by atoms with Crippen molar-refractivity contribution in [2.45, 2.75) is 33.1 Å². The maximum Gasteiger partial charge on any atom is 0.183 e. The van der Waals surface area contributed by atoms with Crippen LogP contribution in [0.5, 0.6) is 5.75 Å². The number of hydrogen-bond donors (Lipinski definition) is 1. The summed E-state index contributed by atoms with van der Waals surface area (Å²) in [6, 6.07) is 4.26. The molecular formula is C14H20N2OS. The number of nitrogens with zero attached hydrogens (tertiary/aromatic N) is 1. The van der Waals surface area contributed by atoms with Crippen molar-refractivity contribution in [1.29, 1.82) is 0 Å². The summed E-state index contributed by atoms with van der Waals surface area (Å²) in [7, 11) is 1.89. The standard InChI is InChI=1S/C14H20N2OS/c1-6-17-11-8-12-10(16-13(15-5)18-12)7-9(11)14(2,3)4/h7-8H,6H2,1-5H3,(H,15,16). The summed E-state index contributed by atoms with van der Waals surface area (Å²) in [5, 5.41) is 4.04. The third-order valence-electron chi connectivity index (χ3n) is 2.81. The van der Waals surface area contributed by atoms with Crippen LogP contribution < -0.4 is 10.1 Å². The Hall–Kier alpha value is -1.29.